The average Bonchev–Trinajstić information content (AvgIpc) is 3.79. The van der Waals surface area contributed by atoms with E-state index in [0.29, 0.717) is 19.3 Å². The number of aryl methyl sites for hydroxylation is 3. The number of fused-ring (bicyclic) bond motifs is 8. The summed E-state index contributed by atoms with van der Waals surface area (Å²) in [5.74, 6) is 0.604. The van der Waals surface area contributed by atoms with Gasteiger partial charge in [-0.15, -0.1) is 0 Å². The van der Waals surface area contributed by atoms with Crippen LogP contribution in [0.1, 0.15) is 140 Å². The molecular weight excluding hydrogens is 592 g/mol. The van der Waals surface area contributed by atoms with E-state index in [1.165, 1.54) is 27.8 Å². The van der Waals surface area contributed by atoms with E-state index >= 15 is 0 Å². The van der Waals surface area contributed by atoms with Crippen molar-refractivity contribution in [2.45, 2.75) is 106 Å². The summed E-state index contributed by atoms with van der Waals surface area (Å²) in [6.45, 7) is 19.1. The van der Waals surface area contributed by atoms with E-state index in [1.54, 1.807) is 6.92 Å². The Morgan fingerprint density at radius 2 is 1.58 bits per heavy atom. The zero-order valence-corrected chi connectivity index (χ0v) is 29.7. The molecule has 0 unspecified atom stereocenters. The number of aromatic nitrogens is 4. The summed E-state index contributed by atoms with van der Waals surface area (Å²) in [6.07, 6.45) is 2.33. The van der Waals surface area contributed by atoms with Gasteiger partial charge in [0, 0.05) is 52.4 Å². The van der Waals surface area contributed by atoms with Crippen molar-refractivity contribution < 1.29 is 9.59 Å². The summed E-state index contributed by atoms with van der Waals surface area (Å²) in [6, 6.07) is 13.1. The van der Waals surface area contributed by atoms with Crippen LogP contribution >= 0.6 is 0 Å². The SMILES string of the molecule is CCC1=C(C)c2cc3[nH]c(c(C)c3C(C)C)c(-c3ccc(C)cc3)c3nc(c4c5[nH]c(cc1n2)c(C)c5C(=O)C4)[C@@H](CCC(C)=O)[C@@H]3C. The number of nitrogens with zero attached hydrogens (tertiary/aromatic N) is 2. The van der Waals surface area contributed by atoms with Crippen LogP contribution in [0.4, 0.5) is 0 Å². The Hall–Kier alpha value is -4.58. The van der Waals surface area contributed by atoms with Gasteiger partial charge in [-0.25, -0.2) is 4.98 Å². The predicted octanol–water partition coefficient (Wildman–Crippen LogP) is 10.4. The number of hydrogen-bond donors (Lipinski definition) is 2. The van der Waals surface area contributed by atoms with Crippen molar-refractivity contribution in [3.8, 4) is 11.1 Å². The third kappa shape index (κ3) is 4.99. The van der Waals surface area contributed by atoms with Gasteiger partial charge in [-0.1, -0.05) is 57.5 Å². The first-order chi connectivity index (χ1) is 22.9. The minimum absolute atomic E-state index is 0.00362. The van der Waals surface area contributed by atoms with Crippen LogP contribution in [0.15, 0.2) is 36.4 Å². The lowest BCUT2D eigenvalue weighted by molar-refractivity contribution is -0.117. The fourth-order valence-corrected chi connectivity index (χ4v) is 8.44. The fraction of sp³-hybridized carbons (Fsp3) is 0.381. The number of carbonyl (C=O) groups is 2. The Labute approximate surface area is 283 Å². The summed E-state index contributed by atoms with van der Waals surface area (Å²) in [7, 11) is 0. The molecule has 1 aromatic carbocycles. The molecule has 0 radical (unpaired) electrons. The van der Waals surface area contributed by atoms with E-state index < -0.39 is 0 Å². The van der Waals surface area contributed by atoms with Crippen LogP contribution in [-0.4, -0.2) is 31.5 Å². The molecule has 0 fully saturated rings. The van der Waals surface area contributed by atoms with E-state index in [1.807, 2.05) is 6.92 Å². The zero-order valence-electron chi connectivity index (χ0n) is 29.7. The van der Waals surface area contributed by atoms with E-state index in [4.69, 9.17) is 9.97 Å². The van der Waals surface area contributed by atoms with Crippen LogP contribution in [0.5, 0.6) is 0 Å². The predicted molar refractivity (Wildman–Crippen MR) is 197 cm³/mol. The maximum atomic E-state index is 13.8. The lowest BCUT2D eigenvalue weighted by atomic mass is 9.83. The number of nitrogens with one attached hydrogen (secondary N) is 2. The van der Waals surface area contributed by atoms with Gasteiger partial charge in [0.2, 0.25) is 0 Å². The Balaban J connectivity index is 1.72. The number of benzene rings is 1. The summed E-state index contributed by atoms with van der Waals surface area (Å²) in [4.78, 5) is 44.5. The third-order valence-electron chi connectivity index (χ3n) is 11.0. The van der Waals surface area contributed by atoms with Gasteiger partial charge >= 0.3 is 0 Å². The normalized spacial score (nSPS) is 17.2. The van der Waals surface area contributed by atoms with Crippen molar-refractivity contribution in [1.82, 2.24) is 19.9 Å². The fourth-order valence-electron chi connectivity index (χ4n) is 8.44. The second-order valence-corrected chi connectivity index (χ2v) is 14.5. The number of aromatic amines is 2. The van der Waals surface area contributed by atoms with Gasteiger partial charge in [-0.3, -0.25) is 9.78 Å². The highest BCUT2D eigenvalue weighted by molar-refractivity contribution is 6.13. The second kappa shape index (κ2) is 11.8. The molecule has 2 N–H and O–H groups in total. The van der Waals surface area contributed by atoms with Crippen molar-refractivity contribution in [1.29, 1.82) is 0 Å². The molecule has 8 bridgehead atoms. The third-order valence-corrected chi connectivity index (χ3v) is 11.0. The van der Waals surface area contributed by atoms with Crippen molar-refractivity contribution in [2.24, 2.45) is 0 Å². The number of carbonyl (C=O) groups excluding carboxylic acids is 2. The summed E-state index contributed by atoms with van der Waals surface area (Å²) in [5, 5.41) is 0. The summed E-state index contributed by atoms with van der Waals surface area (Å²) >= 11 is 0. The molecular formula is C42H46N4O2. The van der Waals surface area contributed by atoms with E-state index in [-0.39, 0.29) is 29.3 Å². The molecule has 246 valence electrons. The number of ketones is 2. The van der Waals surface area contributed by atoms with Crippen molar-refractivity contribution in [2.75, 3.05) is 0 Å². The highest BCUT2D eigenvalue weighted by Crippen LogP contribution is 2.48. The van der Waals surface area contributed by atoms with Gasteiger partial charge in [0.25, 0.3) is 0 Å². The highest BCUT2D eigenvalue weighted by atomic mass is 16.1. The molecule has 48 heavy (non-hydrogen) atoms. The smallest absolute Gasteiger partial charge is 0.169 e. The molecule has 2 aliphatic heterocycles. The molecule has 0 saturated carbocycles. The van der Waals surface area contributed by atoms with Crippen LogP contribution in [-0.2, 0) is 11.2 Å². The second-order valence-electron chi connectivity index (χ2n) is 14.5. The Bertz CT molecular complexity index is 2230. The number of rotatable bonds is 6. The van der Waals surface area contributed by atoms with Crippen molar-refractivity contribution in [3.05, 3.63) is 92.6 Å². The quantitative estimate of drug-likeness (QED) is 0.220. The Kier molecular flexibility index (Phi) is 7.89. The Morgan fingerprint density at radius 3 is 2.25 bits per heavy atom. The summed E-state index contributed by atoms with van der Waals surface area (Å²) < 4.78 is 0. The first-order valence-corrected chi connectivity index (χ1v) is 17.5. The minimum atomic E-state index is 0.00362. The molecule has 2 atom stereocenters. The van der Waals surface area contributed by atoms with Crippen LogP contribution < -0.4 is 0 Å². The molecule has 3 aliphatic rings. The van der Waals surface area contributed by atoms with E-state index in [0.717, 1.165) is 79.1 Å². The number of allylic oxidation sites excluding steroid dienone is 2. The molecule has 1 aliphatic carbocycles. The highest BCUT2D eigenvalue weighted by Gasteiger charge is 2.37. The van der Waals surface area contributed by atoms with Gasteiger partial charge in [-0.2, -0.15) is 0 Å². The average molecular weight is 639 g/mol. The molecule has 0 saturated heterocycles. The minimum Gasteiger partial charge on any atom is -0.354 e. The standard InChI is InChI=1S/C42H46N4O2/c1-10-28-23(6)31-19-34-36(20(2)3)26(9)40(45-34)38(27-14-11-21(4)12-15-27)39-24(7)29(16-13-22(5)47)41(46-39)30-17-35(48)37-25(8)32(44-42(30)37)18-33(28)43-31/h11-12,14-15,18-20,24,29,44-45H,10,13,16-17H2,1-9H3/t24-,29-/m0/s1. The number of Topliss-reactive ketones (excluding diaryl/α,β-unsaturated/α-hetero) is 2. The lowest BCUT2D eigenvalue weighted by Gasteiger charge is -2.18. The maximum Gasteiger partial charge on any atom is 0.169 e. The topological polar surface area (TPSA) is 91.5 Å². The van der Waals surface area contributed by atoms with Crippen LogP contribution in [0.3, 0.4) is 0 Å². The summed E-state index contributed by atoms with van der Waals surface area (Å²) in [5.41, 5.74) is 18.7. The van der Waals surface area contributed by atoms with Crippen molar-refractivity contribution in [3.63, 3.8) is 0 Å². The van der Waals surface area contributed by atoms with Crippen LogP contribution in [0.2, 0.25) is 0 Å². The molecule has 0 spiro atoms. The molecule has 3 aromatic heterocycles. The van der Waals surface area contributed by atoms with Gasteiger partial charge in [-0.05, 0) is 98.9 Å². The lowest BCUT2D eigenvalue weighted by Crippen LogP contribution is -2.07. The van der Waals surface area contributed by atoms with Crippen molar-refractivity contribution >= 4 is 44.8 Å². The Morgan fingerprint density at radius 1 is 0.896 bits per heavy atom. The van der Waals surface area contributed by atoms with Gasteiger partial charge in [0.15, 0.2) is 5.78 Å². The van der Waals surface area contributed by atoms with Gasteiger partial charge in [0.05, 0.1) is 33.8 Å². The van der Waals surface area contributed by atoms with Crippen LogP contribution in [0, 0.1) is 20.8 Å². The largest absolute Gasteiger partial charge is 0.354 e. The number of hydrogen-bond acceptors (Lipinski definition) is 4. The first-order valence-electron chi connectivity index (χ1n) is 17.5. The molecule has 0 amide bonds. The number of H-pyrrole nitrogens is 2. The first kappa shape index (κ1) is 32.0. The van der Waals surface area contributed by atoms with Gasteiger partial charge in [0.1, 0.15) is 5.78 Å². The van der Waals surface area contributed by atoms with E-state index in [2.05, 4.69) is 94.8 Å². The maximum absolute atomic E-state index is 13.8. The van der Waals surface area contributed by atoms with Crippen LogP contribution in [0.25, 0.3) is 44.3 Å². The molecule has 6 nitrogen and oxygen atoms in total. The molecule has 4 aromatic rings. The molecule has 6 heteroatoms. The van der Waals surface area contributed by atoms with Gasteiger partial charge < -0.3 is 14.8 Å². The molecule has 7 rings (SSSR count). The van der Waals surface area contributed by atoms with E-state index in [9.17, 15) is 9.59 Å². The zero-order chi connectivity index (χ0) is 34.2. The monoisotopic (exact) mass is 638 g/mol. The molecule has 5 heterocycles.